The van der Waals surface area contributed by atoms with Crippen LogP contribution < -0.4 is 9.80 Å². The Morgan fingerprint density at radius 1 is 0.167 bits per heavy atom. The first-order valence-electron chi connectivity index (χ1n) is 43.4. The maximum absolute atomic E-state index is 6.85. The van der Waals surface area contributed by atoms with E-state index >= 15 is 0 Å². The van der Waals surface area contributed by atoms with Crippen molar-refractivity contribution in [3.8, 4) is 72.4 Å². The van der Waals surface area contributed by atoms with E-state index in [1.807, 2.05) is 0 Å². The Balaban J connectivity index is 0.000000142. The summed E-state index contributed by atoms with van der Waals surface area (Å²) in [5, 5.41) is 24.6. The van der Waals surface area contributed by atoms with Gasteiger partial charge in [0.05, 0.1) is 22.4 Å². The monoisotopic (exact) mass is 1600 g/mol. The molecule has 0 unspecified atom stereocenters. The topological polar surface area (TPSA) is 24.6 Å². The second-order valence-electron chi connectivity index (χ2n) is 32.8. The van der Waals surface area contributed by atoms with Gasteiger partial charge in [-0.05, 0) is 216 Å². The molecule has 0 atom stereocenters. The molecule has 0 radical (unpaired) electrons. The van der Waals surface area contributed by atoms with E-state index in [2.05, 4.69) is 494 Å². The van der Waals surface area contributed by atoms with Gasteiger partial charge >= 0.3 is 0 Å². The lowest BCUT2D eigenvalue weighted by atomic mass is 9.85. The number of hydrogen-bond acceptors (Lipinski definition) is 3. The highest BCUT2D eigenvalue weighted by Crippen LogP contribution is 2.52. The Hall–Kier alpha value is -16.7. The van der Waals surface area contributed by atoms with Gasteiger partial charge in [-0.1, -0.05) is 394 Å². The Morgan fingerprint density at radius 3 is 0.770 bits per heavy atom. The molecule has 0 N–H and O–H groups in total. The smallest absolute Gasteiger partial charge is 0.143 e. The predicted octanol–water partition coefficient (Wildman–Crippen LogP) is 34.5. The first-order chi connectivity index (χ1) is 62.6. The number of anilines is 6. The highest BCUT2D eigenvalue weighted by atomic mass is 16.3. The van der Waals surface area contributed by atoms with E-state index in [1.54, 1.807) is 0 Å². The molecule has 23 aromatic carbocycles. The average molecular weight is 1600 g/mol. The van der Waals surface area contributed by atoms with Crippen molar-refractivity contribution in [1.29, 1.82) is 0 Å². The zero-order valence-corrected chi connectivity index (χ0v) is 68.9. The lowest BCUT2D eigenvalue weighted by Crippen LogP contribution is -2.11. The molecule has 25 aromatic rings. The van der Waals surface area contributed by atoms with Crippen molar-refractivity contribution in [2.75, 3.05) is 9.80 Å². The molecule has 0 aliphatic heterocycles. The molecule has 2 heterocycles. The van der Waals surface area contributed by atoms with E-state index in [1.165, 1.54) is 152 Å². The first-order valence-corrected chi connectivity index (χ1v) is 43.4. The van der Waals surface area contributed by atoms with Crippen molar-refractivity contribution in [3.63, 3.8) is 0 Å². The number of para-hydroxylation sites is 4. The number of fused-ring (bicyclic) bond motifs is 18. The summed E-state index contributed by atoms with van der Waals surface area (Å²) in [5.41, 5.74) is 26.1. The van der Waals surface area contributed by atoms with E-state index in [-0.39, 0.29) is 0 Å². The lowest BCUT2D eigenvalue weighted by Gasteiger charge is -2.28. The summed E-state index contributed by atoms with van der Waals surface area (Å²) in [7, 11) is 0. The zero-order chi connectivity index (χ0) is 83.1. The van der Waals surface area contributed by atoms with Gasteiger partial charge in [-0.25, -0.2) is 0 Å². The van der Waals surface area contributed by atoms with Crippen LogP contribution in [0.3, 0.4) is 0 Å². The second kappa shape index (κ2) is 30.8. The van der Waals surface area contributed by atoms with Gasteiger partial charge in [-0.2, -0.15) is 0 Å². The molecular formula is C122H79N3O. The van der Waals surface area contributed by atoms with Crippen molar-refractivity contribution in [2.24, 2.45) is 0 Å². The number of furan rings is 1. The summed E-state index contributed by atoms with van der Waals surface area (Å²) in [5.74, 6) is 0. The van der Waals surface area contributed by atoms with E-state index in [0.717, 1.165) is 84.0 Å². The molecule has 25 rings (SSSR count). The van der Waals surface area contributed by atoms with Gasteiger partial charge in [0.25, 0.3) is 0 Å². The van der Waals surface area contributed by atoms with E-state index in [0.29, 0.717) is 0 Å². The van der Waals surface area contributed by atoms with Gasteiger partial charge in [0.15, 0.2) is 0 Å². The molecular weight excluding hydrogens is 1520 g/mol. The lowest BCUT2D eigenvalue weighted by molar-refractivity contribution is 0.671. The molecule has 0 bridgehead atoms. The maximum Gasteiger partial charge on any atom is 0.143 e. The van der Waals surface area contributed by atoms with Crippen LogP contribution in [0.5, 0.6) is 0 Å². The van der Waals surface area contributed by atoms with Crippen LogP contribution in [0, 0.1) is 0 Å². The van der Waals surface area contributed by atoms with E-state index in [9.17, 15) is 0 Å². The van der Waals surface area contributed by atoms with Crippen LogP contribution in [0.15, 0.2) is 484 Å². The van der Waals surface area contributed by atoms with Gasteiger partial charge in [-0.15, -0.1) is 0 Å². The SMILES string of the molecule is c1ccc(-c2c(-c3ccc(N(c4ccc(-c5cccc6c5oc5c(-c7ccccc7)cccc56)cc4)c4cc5ccccc5c5ccccc45)cc3)c3ccccc3c3ccccc23)cc1.c1ccc(-c2c(-c3ccc(N(c4ccc(-n5c6ccccc6c6ccccc65)cc4)c4cc5ccccc5c5ccccc45)cc3)c3ccccc3c3ccccc23)cc1. The van der Waals surface area contributed by atoms with Crippen LogP contribution in [0.1, 0.15) is 0 Å². The van der Waals surface area contributed by atoms with Crippen LogP contribution in [0.2, 0.25) is 0 Å². The third-order valence-electron chi connectivity index (χ3n) is 25.8. The van der Waals surface area contributed by atoms with Crippen LogP contribution >= 0.6 is 0 Å². The quantitative estimate of drug-likeness (QED) is 0.108. The van der Waals surface area contributed by atoms with Gasteiger partial charge < -0.3 is 18.8 Å². The van der Waals surface area contributed by atoms with Crippen LogP contribution in [0.25, 0.3) is 202 Å². The summed E-state index contributed by atoms with van der Waals surface area (Å²) < 4.78 is 9.24. The number of hydrogen-bond donors (Lipinski definition) is 0. The summed E-state index contributed by atoms with van der Waals surface area (Å²) in [4.78, 5) is 4.86. The summed E-state index contributed by atoms with van der Waals surface area (Å²) >= 11 is 0. The zero-order valence-electron chi connectivity index (χ0n) is 68.9. The molecule has 0 spiro atoms. The third kappa shape index (κ3) is 12.4. The predicted molar refractivity (Wildman–Crippen MR) is 537 cm³/mol. The van der Waals surface area contributed by atoms with E-state index < -0.39 is 0 Å². The van der Waals surface area contributed by atoms with Crippen molar-refractivity contribution in [1.82, 2.24) is 4.57 Å². The van der Waals surface area contributed by atoms with Crippen molar-refractivity contribution in [2.45, 2.75) is 0 Å². The number of aromatic nitrogens is 1. The molecule has 4 nitrogen and oxygen atoms in total. The van der Waals surface area contributed by atoms with Crippen molar-refractivity contribution in [3.05, 3.63) is 479 Å². The van der Waals surface area contributed by atoms with Gasteiger partial charge in [-0.3, -0.25) is 0 Å². The van der Waals surface area contributed by atoms with Crippen LogP contribution in [0.4, 0.5) is 34.1 Å². The Labute approximate surface area is 729 Å². The molecule has 2 aromatic heterocycles. The minimum atomic E-state index is 0.896. The molecule has 0 amide bonds. The van der Waals surface area contributed by atoms with Crippen molar-refractivity contribution < 1.29 is 4.42 Å². The highest BCUT2D eigenvalue weighted by molar-refractivity contribution is 6.25. The number of nitrogens with zero attached hydrogens (tertiary/aromatic N) is 3. The third-order valence-corrected chi connectivity index (χ3v) is 25.8. The van der Waals surface area contributed by atoms with Crippen LogP contribution in [-0.2, 0) is 0 Å². The number of rotatable bonds is 13. The Morgan fingerprint density at radius 2 is 0.413 bits per heavy atom. The molecule has 0 saturated heterocycles. The van der Waals surface area contributed by atoms with Crippen molar-refractivity contribution >= 4 is 164 Å². The summed E-state index contributed by atoms with van der Waals surface area (Å²) in [6.45, 7) is 0. The Bertz CT molecular complexity index is 8500. The van der Waals surface area contributed by atoms with Gasteiger partial charge in [0, 0.05) is 71.9 Å². The first kappa shape index (κ1) is 73.3. The average Bonchev–Trinajstić information content (AvgIpc) is 1.04. The standard InChI is InChI=1S/C64H41NO.C58H38N2/c1-3-17-42(18-4-1)50-29-15-31-58-59-32-16-30-51(64(59)66-63(50)58)43-33-37-47(38-34-43)65(60-41-46-21-7-8-22-49(46)52-23-9-12-26-55(52)60)48-39-35-45(36-40-48)62-57-28-14-11-25-54(57)53-24-10-13-27-56(53)61(62)44-19-5-2-6-20-44;1-2-16-39(17-3-1)57-52-26-10-7-21-47(52)48-22-8-11-27-53(48)58(57)40-30-32-42(33-31-40)59(56-38-41-18-4-5-19-45(41)46-20-6-9-23-49(46)56)43-34-36-44(37-35-43)60-54-28-14-12-24-50(54)51-25-13-15-29-55(51)60/h1-41H;1-38H. The van der Waals surface area contributed by atoms with Crippen LogP contribution in [-0.4, -0.2) is 4.57 Å². The molecule has 126 heavy (non-hydrogen) atoms. The summed E-state index contributed by atoms with van der Waals surface area (Å²) in [6, 6.07) is 174. The fourth-order valence-electron chi connectivity index (χ4n) is 20.2. The fraction of sp³-hybridized carbons (Fsp3) is 0. The van der Waals surface area contributed by atoms with Gasteiger partial charge in [0.2, 0.25) is 0 Å². The summed E-state index contributed by atoms with van der Waals surface area (Å²) in [6.07, 6.45) is 0. The Kier molecular flexibility index (Phi) is 17.9. The maximum atomic E-state index is 6.85. The number of benzene rings is 23. The second-order valence-corrected chi connectivity index (χ2v) is 32.8. The minimum absolute atomic E-state index is 0.896. The molecule has 588 valence electrons. The normalized spacial score (nSPS) is 11.7. The fourth-order valence-corrected chi connectivity index (χ4v) is 20.2. The molecule has 0 aliphatic carbocycles. The minimum Gasteiger partial charge on any atom is -0.455 e. The van der Waals surface area contributed by atoms with E-state index in [4.69, 9.17) is 4.42 Å². The van der Waals surface area contributed by atoms with Gasteiger partial charge in [0.1, 0.15) is 11.2 Å². The highest BCUT2D eigenvalue weighted by Gasteiger charge is 2.26. The molecule has 0 fully saturated rings. The largest absolute Gasteiger partial charge is 0.455 e. The molecule has 4 heteroatoms. The molecule has 0 saturated carbocycles. The molecule has 0 aliphatic rings.